The van der Waals surface area contributed by atoms with Gasteiger partial charge in [0.25, 0.3) is 11.8 Å². The Labute approximate surface area is 213 Å². The molecule has 0 atom stereocenters. The van der Waals surface area contributed by atoms with Crippen molar-refractivity contribution in [1.82, 2.24) is 24.9 Å². The van der Waals surface area contributed by atoms with Gasteiger partial charge in [0.05, 0.1) is 11.1 Å². The van der Waals surface area contributed by atoms with E-state index in [0.29, 0.717) is 29.8 Å². The standard InChI is InChI=1S/C28H24ClN5O2/c29-23-8-2-7-22(17-23)27-31-26(32-36-27)21-6-1-4-19(16-21)18-33-12-14-34(15-13-33)28(35)24-9-3-5-20-10-11-30-25(20)24/h1-11,16-17,30H,12-15,18H2. The first-order valence-electron chi connectivity index (χ1n) is 11.9. The minimum atomic E-state index is 0.0808. The van der Waals surface area contributed by atoms with Crippen molar-refractivity contribution < 1.29 is 9.32 Å². The fraction of sp³-hybridized carbons (Fsp3) is 0.179. The summed E-state index contributed by atoms with van der Waals surface area (Å²) in [5.74, 6) is 1.06. The van der Waals surface area contributed by atoms with Crippen LogP contribution in [0.2, 0.25) is 5.02 Å². The number of carbonyl (C=O) groups is 1. The number of rotatable bonds is 5. The molecule has 0 radical (unpaired) electrons. The predicted molar refractivity (Wildman–Crippen MR) is 140 cm³/mol. The van der Waals surface area contributed by atoms with Crippen molar-refractivity contribution in [1.29, 1.82) is 0 Å². The molecule has 180 valence electrons. The van der Waals surface area contributed by atoms with Crippen molar-refractivity contribution in [3.05, 3.63) is 95.1 Å². The van der Waals surface area contributed by atoms with Gasteiger partial charge in [0.15, 0.2) is 0 Å². The zero-order chi connectivity index (χ0) is 24.5. The van der Waals surface area contributed by atoms with Gasteiger partial charge in [-0.05, 0) is 42.0 Å². The molecule has 3 heterocycles. The summed E-state index contributed by atoms with van der Waals surface area (Å²) in [5, 5.41) is 5.85. The minimum absolute atomic E-state index is 0.0808. The second-order valence-electron chi connectivity index (χ2n) is 8.95. The molecular weight excluding hydrogens is 474 g/mol. The van der Waals surface area contributed by atoms with E-state index < -0.39 is 0 Å². The molecule has 7 nitrogen and oxygen atoms in total. The second kappa shape index (κ2) is 9.60. The van der Waals surface area contributed by atoms with Gasteiger partial charge < -0.3 is 14.4 Å². The highest BCUT2D eigenvalue weighted by Crippen LogP contribution is 2.25. The third-order valence-electron chi connectivity index (χ3n) is 6.57. The van der Waals surface area contributed by atoms with E-state index in [2.05, 4.69) is 32.2 Å². The van der Waals surface area contributed by atoms with E-state index in [-0.39, 0.29) is 5.91 Å². The van der Waals surface area contributed by atoms with Gasteiger partial charge in [-0.3, -0.25) is 9.69 Å². The Hall–Kier alpha value is -3.94. The molecule has 0 spiro atoms. The Balaban J connectivity index is 1.11. The molecule has 2 aromatic heterocycles. The van der Waals surface area contributed by atoms with Crippen LogP contribution in [0.3, 0.4) is 0 Å². The molecule has 1 fully saturated rings. The maximum atomic E-state index is 13.2. The number of H-pyrrole nitrogens is 1. The number of nitrogens with zero attached hydrogens (tertiary/aromatic N) is 4. The maximum Gasteiger partial charge on any atom is 0.258 e. The molecule has 1 aliphatic heterocycles. The van der Waals surface area contributed by atoms with Crippen molar-refractivity contribution in [3.8, 4) is 22.8 Å². The number of hydrogen-bond donors (Lipinski definition) is 1. The molecule has 5 aromatic rings. The molecule has 0 bridgehead atoms. The number of aromatic amines is 1. The highest BCUT2D eigenvalue weighted by atomic mass is 35.5. The molecule has 6 rings (SSSR count). The van der Waals surface area contributed by atoms with Gasteiger partial charge in [-0.25, -0.2) is 0 Å². The first-order chi connectivity index (χ1) is 17.6. The van der Waals surface area contributed by atoms with Crippen LogP contribution in [0.4, 0.5) is 0 Å². The molecule has 1 N–H and O–H groups in total. The number of carbonyl (C=O) groups excluding carboxylic acids is 1. The largest absolute Gasteiger partial charge is 0.361 e. The Bertz CT molecular complexity index is 1530. The topological polar surface area (TPSA) is 78.3 Å². The van der Waals surface area contributed by atoms with Crippen LogP contribution < -0.4 is 0 Å². The summed E-state index contributed by atoms with van der Waals surface area (Å²) in [6, 6.07) is 23.4. The van der Waals surface area contributed by atoms with Crippen LogP contribution >= 0.6 is 11.6 Å². The number of benzene rings is 3. The van der Waals surface area contributed by atoms with Crippen molar-refractivity contribution in [3.63, 3.8) is 0 Å². The number of amides is 1. The van der Waals surface area contributed by atoms with E-state index in [1.54, 1.807) is 6.07 Å². The van der Waals surface area contributed by atoms with Crippen LogP contribution in [-0.4, -0.2) is 57.0 Å². The molecule has 0 aliphatic carbocycles. The van der Waals surface area contributed by atoms with Crippen LogP contribution in [0.25, 0.3) is 33.7 Å². The van der Waals surface area contributed by atoms with E-state index in [4.69, 9.17) is 16.1 Å². The van der Waals surface area contributed by atoms with Crippen molar-refractivity contribution in [2.24, 2.45) is 0 Å². The lowest BCUT2D eigenvalue weighted by Gasteiger charge is -2.35. The Morgan fingerprint density at radius 1 is 0.944 bits per heavy atom. The van der Waals surface area contributed by atoms with Gasteiger partial charge in [0.2, 0.25) is 5.82 Å². The molecule has 8 heteroatoms. The summed E-state index contributed by atoms with van der Waals surface area (Å²) >= 11 is 6.09. The SMILES string of the molecule is O=C(c1cccc2cc[nH]c12)N1CCN(Cc2cccc(-c3noc(-c4cccc(Cl)c4)n3)c2)CC1. The van der Waals surface area contributed by atoms with Crippen molar-refractivity contribution >= 4 is 28.4 Å². The third-order valence-corrected chi connectivity index (χ3v) is 6.80. The van der Waals surface area contributed by atoms with Gasteiger partial charge >= 0.3 is 0 Å². The zero-order valence-electron chi connectivity index (χ0n) is 19.5. The summed E-state index contributed by atoms with van der Waals surface area (Å²) < 4.78 is 5.47. The first kappa shape index (κ1) is 22.5. The normalized spacial score (nSPS) is 14.4. The number of halogens is 1. The lowest BCUT2D eigenvalue weighted by Crippen LogP contribution is -2.48. The predicted octanol–water partition coefficient (Wildman–Crippen LogP) is 5.50. The minimum Gasteiger partial charge on any atom is -0.361 e. The fourth-order valence-corrected chi connectivity index (χ4v) is 4.88. The summed E-state index contributed by atoms with van der Waals surface area (Å²) in [6.07, 6.45) is 1.88. The van der Waals surface area contributed by atoms with Gasteiger partial charge in [0.1, 0.15) is 0 Å². The summed E-state index contributed by atoms with van der Waals surface area (Å²) in [4.78, 5) is 25.2. The molecule has 0 unspecified atom stereocenters. The smallest absolute Gasteiger partial charge is 0.258 e. The van der Waals surface area contributed by atoms with Gasteiger partial charge in [-0.15, -0.1) is 0 Å². The molecule has 1 amide bonds. The van der Waals surface area contributed by atoms with E-state index in [0.717, 1.165) is 52.8 Å². The lowest BCUT2D eigenvalue weighted by molar-refractivity contribution is 0.0630. The van der Waals surface area contributed by atoms with E-state index in [1.165, 1.54) is 0 Å². The monoisotopic (exact) mass is 497 g/mol. The number of fused-ring (bicyclic) bond motifs is 1. The Morgan fingerprint density at radius 3 is 2.61 bits per heavy atom. The maximum absolute atomic E-state index is 13.2. The van der Waals surface area contributed by atoms with E-state index in [1.807, 2.05) is 65.7 Å². The highest BCUT2D eigenvalue weighted by molar-refractivity contribution is 6.30. The van der Waals surface area contributed by atoms with Crippen LogP contribution in [0.1, 0.15) is 15.9 Å². The molecule has 1 aliphatic rings. The van der Waals surface area contributed by atoms with Gasteiger partial charge in [-0.2, -0.15) is 4.98 Å². The fourth-order valence-electron chi connectivity index (χ4n) is 4.69. The van der Waals surface area contributed by atoms with Gasteiger partial charge in [-0.1, -0.05) is 53.2 Å². The average molecular weight is 498 g/mol. The molecule has 3 aromatic carbocycles. The molecule has 1 saturated heterocycles. The summed E-state index contributed by atoms with van der Waals surface area (Å²) in [7, 11) is 0. The molecule has 36 heavy (non-hydrogen) atoms. The number of nitrogens with one attached hydrogen (secondary N) is 1. The zero-order valence-corrected chi connectivity index (χ0v) is 20.3. The number of piperazine rings is 1. The molecule has 0 saturated carbocycles. The van der Waals surface area contributed by atoms with Crippen LogP contribution in [0.5, 0.6) is 0 Å². The number of hydrogen-bond acceptors (Lipinski definition) is 5. The summed E-state index contributed by atoms with van der Waals surface area (Å²) in [6.45, 7) is 3.82. The highest BCUT2D eigenvalue weighted by Gasteiger charge is 2.24. The van der Waals surface area contributed by atoms with Gasteiger partial charge in [0, 0.05) is 60.5 Å². The van der Waals surface area contributed by atoms with Crippen molar-refractivity contribution in [2.75, 3.05) is 26.2 Å². The van der Waals surface area contributed by atoms with Crippen LogP contribution in [0.15, 0.2) is 83.5 Å². The number of aromatic nitrogens is 3. The van der Waals surface area contributed by atoms with Crippen LogP contribution in [0, 0.1) is 0 Å². The summed E-state index contributed by atoms with van der Waals surface area (Å²) in [5.41, 5.74) is 4.49. The molecular formula is C28H24ClN5O2. The average Bonchev–Trinajstić information content (AvgIpc) is 3.59. The van der Waals surface area contributed by atoms with E-state index in [9.17, 15) is 4.79 Å². The lowest BCUT2D eigenvalue weighted by atomic mass is 10.1. The second-order valence-corrected chi connectivity index (χ2v) is 9.39. The number of para-hydroxylation sites is 1. The van der Waals surface area contributed by atoms with Crippen LogP contribution in [-0.2, 0) is 6.54 Å². The first-order valence-corrected chi connectivity index (χ1v) is 12.3. The Kier molecular flexibility index (Phi) is 6.01. The quantitative estimate of drug-likeness (QED) is 0.347. The Morgan fingerprint density at radius 2 is 1.75 bits per heavy atom. The van der Waals surface area contributed by atoms with E-state index >= 15 is 0 Å². The third kappa shape index (κ3) is 4.51. The van der Waals surface area contributed by atoms with Crippen molar-refractivity contribution in [2.45, 2.75) is 6.54 Å².